The Morgan fingerprint density at radius 3 is 2.00 bits per heavy atom. The van der Waals surface area contributed by atoms with E-state index in [1.807, 2.05) is 63.2 Å². The van der Waals surface area contributed by atoms with Crippen molar-refractivity contribution in [2.24, 2.45) is 0 Å². The Bertz CT molecular complexity index is 1010. The molecule has 3 rings (SSSR count). The molecule has 3 aromatic carbocycles. The maximum absolute atomic E-state index is 12.5. The highest BCUT2D eigenvalue weighted by molar-refractivity contribution is 6.05. The van der Waals surface area contributed by atoms with E-state index in [2.05, 4.69) is 10.6 Å². The number of amides is 2. The summed E-state index contributed by atoms with van der Waals surface area (Å²) in [6, 6.07) is 20.4. The summed E-state index contributed by atoms with van der Waals surface area (Å²) in [5.41, 5.74) is 6.22. The lowest BCUT2D eigenvalue weighted by atomic mass is 10.1. The van der Waals surface area contributed by atoms with Gasteiger partial charge in [-0.2, -0.15) is 0 Å². The maximum Gasteiger partial charge on any atom is 0.255 e. The molecule has 0 heterocycles. The predicted molar refractivity (Wildman–Crippen MR) is 113 cm³/mol. The Balaban J connectivity index is 1.64. The van der Waals surface area contributed by atoms with Gasteiger partial charge in [0.2, 0.25) is 0 Å². The fraction of sp³-hybridized carbons (Fsp3) is 0.167. The van der Waals surface area contributed by atoms with E-state index in [9.17, 15) is 9.59 Å². The molecule has 0 spiro atoms. The largest absolute Gasteiger partial charge is 0.348 e. The Morgan fingerprint density at radius 2 is 1.32 bits per heavy atom. The fourth-order valence-electron chi connectivity index (χ4n) is 2.94. The number of hydrogen-bond acceptors (Lipinski definition) is 2. The molecule has 0 radical (unpaired) electrons. The zero-order valence-electron chi connectivity index (χ0n) is 16.4. The lowest BCUT2D eigenvalue weighted by molar-refractivity contribution is 0.0949. The summed E-state index contributed by atoms with van der Waals surface area (Å²) in [7, 11) is 0. The van der Waals surface area contributed by atoms with Gasteiger partial charge in [-0.25, -0.2) is 0 Å². The van der Waals surface area contributed by atoms with E-state index in [4.69, 9.17) is 0 Å². The number of rotatable bonds is 5. The normalized spacial score (nSPS) is 10.4. The van der Waals surface area contributed by atoms with Crippen LogP contribution < -0.4 is 10.6 Å². The van der Waals surface area contributed by atoms with Crippen molar-refractivity contribution in [3.63, 3.8) is 0 Å². The number of benzene rings is 3. The summed E-state index contributed by atoms with van der Waals surface area (Å²) < 4.78 is 0. The Kier molecular flexibility index (Phi) is 5.90. The molecule has 2 N–H and O–H groups in total. The average molecular weight is 372 g/mol. The fourth-order valence-corrected chi connectivity index (χ4v) is 2.94. The van der Waals surface area contributed by atoms with Gasteiger partial charge in [0.15, 0.2) is 0 Å². The monoisotopic (exact) mass is 372 g/mol. The van der Waals surface area contributed by atoms with Gasteiger partial charge in [-0.1, -0.05) is 36.4 Å². The molecule has 0 aliphatic carbocycles. The van der Waals surface area contributed by atoms with Crippen LogP contribution in [-0.2, 0) is 6.54 Å². The zero-order chi connectivity index (χ0) is 20.1. The molecule has 3 aromatic rings. The van der Waals surface area contributed by atoms with Crippen LogP contribution in [0.1, 0.15) is 43.0 Å². The summed E-state index contributed by atoms with van der Waals surface area (Å²) in [4.78, 5) is 24.9. The van der Waals surface area contributed by atoms with E-state index >= 15 is 0 Å². The van der Waals surface area contributed by atoms with E-state index < -0.39 is 0 Å². The van der Waals surface area contributed by atoms with Crippen LogP contribution in [0.15, 0.2) is 66.7 Å². The molecule has 4 nitrogen and oxygen atoms in total. The van der Waals surface area contributed by atoms with Crippen LogP contribution in [-0.4, -0.2) is 11.8 Å². The van der Waals surface area contributed by atoms with Gasteiger partial charge in [0.25, 0.3) is 11.8 Å². The lowest BCUT2D eigenvalue weighted by Crippen LogP contribution is -2.23. The summed E-state index contributed by atoms with van der Waals surface area (Å²) in [5.74, 6) is -0.356. The van der Waals surface area contributed by atoms with Gasteiger partial charge in [0.05, 0.1) is 0 Å². The minimum Gasteiger partial charge on any atom is -0.348 e. The lowest BCUT2D eigenvalue weighted by Gasteiger charge is -2.11. The number of nitrogens with one attached hydrogen (secondary N) is 2. The van der Waals surface area contributed by atoms with Gasteiger partial charge >= 0.3 is 0 Å². The molecule has 142 valence electrons. The molecule has 0 aliphatic heterocycles. The van der Waals surface area contributed by atoms with Crippen LogP contribution in [0, 0.1) is 20.8 Å². The first-order chi connectivity index (χ1) is 13.5. The minimum atomic E-state index is -0.194. The Morgan fingerprint density at radius 1 is 0.714 bits per heavy atom. The van der Waals surface area contributed by atoms with E-state index in [1.54, 1.807) is 24.3 Å². The van der Waals surface area contributed by atoms with Gasteiger partial charge in [0.1, 0.15) is 0 Å². The van der Waals surface area contributed by atoms with Gasteiger partial charge in [0, 0.05) is 23.4 Å². The van der Waals surface area contributed by atoms with Crippen LogP contribution in [0.2, 0.25) is 0 Å². The van der Waals surface area contributed by atoms with Crippen LogP contribution in [0.25, 0.3) is 0 Å². The number of carbonyl (C=O) groups excluding carboxylic acids is 2. The number of hydrogen-bond donors (Lipinski definition) is 2. The molecule has 0 saturated heterocycles. The highest BCUT2D eigenvalue weighted by Crippen LogP contribution is 2.19. The van der Waals surface area contributed by atoms with Crippen molar-refractivity contribution in [2.45, 2.75) is 27.3 Å². The molecule has 4 heteroatoms. The van der Waals surface area contributed by atoms with Crippen molar-refractivity contribution in [1.82, 2.24) is 5.32 Å². The first-order valence-corrected chi connectivity index (χ1v) is 9.26. The summed E-state index contributed by atoms with van der Waals surface area (Å²) in [6.45, 7) is 6.48. The second kappa shape index (κ2) is 8.53. The Labute approximate surface area is 165 Å². The van der Waals surface area contributed by atoms with Gasteiger partial charge in [-0.15, -0.1) is 0 Å². The third-order valence-electron chi connectivity index (χ3n) is 4.96. The molecule has 28 heavy (non-hydrogen) atoms. The van der Waals surface area contributed by atoms with Gasteiger partial charge in [-0.3, -0.25) is 9.59 Å². The highest BCUT2D eigenvalue weighted by atomic mass is 16.2. The molecule has 0 aromatic heterocycles. The Hall–Kier alpha value is -3.40. The molecule has 0 atom stereocenters. The first-order valence-electron chi connectivity index (χ1n) is 9.26. The van der Waals surface area contributed by atoms with Crippen molar-refractivity contribution < 1.29 is 9.59 Å². The van der Waals surface area contributed by atoms with E-state index in [0.717, 1.165) is 27.9 Å². The number of aryl methyl sites for hydroxylation is 2. The summed E-state index contributed by atoms with van der Waals surface area (Å²) >= 11 is 0. The molecule has 0 bridgehead atoms. The standard InChI is InChI=1S/C24H24N2O2/c1-16-8-6-10-22(18(16)3)26-24(28)20-13-11-19(12-14-20)23(27)25-15-21-9-5-4-7-17(21)2/h4-14H,15H2,1-3H3,(H,25,27)(H,26,28). The predicted octanol–water partition coefficient (Wildman–Crippen LogP) is 4.79. The summed E-state index contributed by atoms with van der Waals surface area (Å²) in [5, 5.41) is 5.85. The van der Waals surface area contributed by atoms with Gasteiger partial charge < -0.3 is 10.6 Å². The van der Waals surface area contributed by atoms with E-state index in [-0.39, 0.29) is 11.8 Å². The van der Waals surface area contributed by atoms with E-state index in [1.165, 1.54) is 0 Å². The zero-order valence-corrected chi connectivity index (χ0v) is 16.4. The SMILES string of the molecule is Cc1ccccc1CNC(=O)c1ccc(C(=O)Nc2cccc(C)c2C)cc1. The maximum atomic E-state index is 12.5. The van der Waals surface area contributed by atoms with Crippen molar-refractivity contribution >= 4 is 17.5 Å². The third kappa shape index (κ3) is 4.46. The second-order valence-electron chi connectivity index (χ2n) is 6.89. The van der Waals surface area contributed by atoms with Crippen LogP contribution >= 0.6 is 0 Å². The van der Waals surface area contributed by atoms with Crippen LogP contribution in [0.3, 0.4) is 0 Å². The van der Waals surface area contributed by atoms with Gasteiger partial charge in [-0.05, 0) is 73.4 Å². The number of carbonyl (C=O) groups is 2. The van der Waals surface area contributed by atoms with Crippen molar-refractivity contribution in [2.75, 3.05) is 5.32 Å². The minimum absolute atomic E-state index is 0.162. The summed E-state index contributed by atoms with van der Waals surface area (Å²) in [6.07, 6.45) is 0. The quantitative estimate of drug-likeness (QED) is 0.676. The average Bonchev–Trinajstić information content (AvgIpc) is 2.70. The smallest absolute Gasteiger partial charge is 0.255 e. The van der Waals surface area contributed by atoms with Crippen molar-refractivity contribution in [3.05, 3.63) is 100 Å². The molecule has 2 amide bonds. The molecule has 0 saturated carbocycles. The van der Waals surface area contributed by atoms with Crippen molar-refractivity contribution in [1.29, 1.82) is 0 Å². The molecular weight excluding hydrogens is 348 g/mol. The highest BCUT2D eigenvalue weighted by Gasteiger charge is 2.11. The second-order valence-corrected chi connectivity index (χ2v) is 6.89. The first kappa shape index (κ1) is 19.4. The van der Waals surface area contributed by atoms with Crippen LogP contribution in [0.4, 0.5) is 5.69 Å². The molecule has 0 aliphatic rings. The molecular formula is C24H24N2O2. The van der Waals surface area contributed by atoms with Crippen LogP contribution in [0.5, 0.6) is 0 Å². The van der Waals surface area contributed by atoms with Crippen molar-refractivity contribution in [3.8, 4) is 0 Å². The third-order valence-corrected chi connectivity index (χ3v) is 4.96. The molecule has 0 fully saturated rings. The molecule has 0 unspecified atom stereocenters. The topological polar surface area (TPSA) is 58.2 Å². The van der Waals surface area contributed by atoms with E-state index in [0.29, 0.717) is 17.7 Å². The number of anilines is 1.